The number of rotatable bonds is 5. The topological polar surface area (TPSA) is 105 Å². The first kappa shape index (κ1) is 19.8. The van der Waals surface area contributed by atoms with Crippen LogP contribution in [0.25, 0.3) is 0 Å². The summed E-state index contributed by atoms with van der Waals surface area (Å²) in [7, 11) is -3.86. The van der Waals surface area contributed by atoms with Crippen LogP contribution in [0, 0.1) is 0 Å². The quantitative estimate of drug-likeness (QED) is 0.725. The molecule has 1 aromatic heterocycles. The van der Waals surface area contributed by atoms with Crippen molar-refractivity contribution in [3.05, 3.63) is 39.2 Å². The van der Waals surface area contributed by atoms with E-state index in [4.69, 9.17) is 16.0 Å². The molecule has 1 fully saturated rings. The molecule has 160 valence electrons. The van der Waals surface area contributed by atoms with Gasteiger partial charge in [0.1, 0.15) is 6.26 Å². The van der Waals surface area contributed by atoms with E-state index in [0.29, 0.717) is 13.1 Å². The zero-order valence-electron chi connectivity index (χ0n) is 16.5. The number of fused-ring (bicyclic) bond motifs is 2. The molecule has 1 aliphatic heterocycles. The summed E-state index contributed by atoms with van der Waals surface area (Å²) < 4.78 is 33.4. The molecule has 2 aliphatic carbocycles. The summed E-state index contributed by atoms with van der Waals surface area (Å²) in [5.74, 6) is -0.801. The lowest BCUT2D eigenvalue weighted by molar-refractivity contribution is 0.0974. The SMILES string of the molecule is O=C(NS(=O)(=O)N1CCCC1)c1coc(Nc2c3c(c(Cl)c4c2CCC4)CCC3)n1. The van der Waals surface area contributed by atoms with Crippen molar-refractivity contribution in [2.24, 2.45) is 0 Å². The second kappa shape index (κ2) is 7.55. The van der Waals surface area contributed by atoms with E-state index in [0.717, 1.165) is 62.1 Å². The average molecular weight is 451 g/mol. The molecule has 2 heterocycles. The van der Waals surface area contributed by atoms with Crippen LogP contribution in [0.2, 0.25) is 5.02 Å². The van der Waals surface area contributed by atoms with Crippen molar-refractivity contribution in [2.45, 2.75) is 51.4 Å². The molecule has 8 nitrogen and oxygen atoms in total. The molecule has 1 amide bonds. The molecule has 1 saturated heterocycles. The van der Waals surface area contributed by atoms with Crippen molar-refractivity contribution in [1.82, 2.24) is 14.0 Å². The molecule has 0 atom stereocenters. The summed E-state index contributed by atoms with van der Waals surface area (Å²) in [6.07, 6.45) is 8.67. The fourth-order valence-corrected chi connectivity index (χ4v) is 6.37. The molecule has 0 spiro atoms. The molecule has 0 unspecified atom stereocenters. The Morgan fingerprint density at radius 2 is 1.60 bits per heavy atom. The van der Waals surface area contributed by atoms with E-state index in [9.17, 15) is 13.2 Å². The Morgan fingerprint density at radius 1 is 1.00 bits per heavy atom. The van der Waals surface area contributed by atoms with Crippen LogP contribution in [0.15, 0.2) is 10.7 Å². The van der Waals surface area contributed by atoms with Crippen LogP contribution >= 0.6 is 11.6 Å². The van der Waals surface area contributed by atoms with Gasteiger partial charge in [-0.15, -0.1) is 0 Å². The summed E-state index contributed by atoms with van der Waals surface area (Å²) in [4.78, 5) is 16.6. The predicted octanol–water partition coefficient (Wildman–Crippen LogP) is 3.12. The number of nitrogens with one attached hydrogen (secondary N) is 2. The zero-order chi connectivity index (χ0) is 20.9. The molecule has 5 rings (SSSR count). The number of carbonyl (C=O) groups is 1. The maximum Gasteiger partial charge on any atom is 0.304 e. The van der Waals surface area contributed by atoms with Gasteiger partial charge in [0.25, 0.3) is 11.9 Å². The molecule has 1 aromatic carbocycles. The minimum absolute atomic E-state index is 0.0810. The van der Waals surface area contributed by atoms with Crippen LogP contribution in [0.1, 0.15) is 58.4 Å². The van der Waals surface area contributed by atoms with Crippen LogP contribution in [0.4, 0.5) is 11.7 Å². The summed E-state index contributed by atoms with van der Waals surface area (Å²) in [6.45, 7) is 0.835. The molecule has 0 radical (unpaired) electrons. The van der Waals surface area contributed by atoms with E-state index in [1.165, 1.54) is 32.8 Å². The number of hydrogen-bond donors (Lipinski definition) is 2. The number of hydrogen-bond acceptors (Lipinski definition) is 6. The Labute approximate surface area is 180 Å². The fraction of sp³-hybridized carbons (Fsp3) is 0.500. The van der Waals surface area contributed by atoms with Crippen LogP contribution in [-0.2, 0) is 35.9 Å². The van der Waals surface area contributed by atoms with Gasteiger partial charge in [-0.25, -0.2) is 4.72 Å². The largest absolute Gasteiger partial charge is 0.431 e. The third kappa shape index (κ3) is 3.38. The van der Waals surface area contributed by atoms with Gasteiger partial charge in [-0.3, -0.25) is 4.79 Å². The number of anilines is 2. The highest BCUT2D eigenvalue weighted by Gasteiger charge is 2.30. The normalized spacial score (nSPS) is 18.4. The molecule has 10 heteroatoms. The van der Waals surface area contributed by atoms with Gasteiger partial charge in [-0.1, -0.05) is 11.6 Å². The maximum absolute atomic E-state index is 12.4. The Kier molecular flexibility index (Phi) is 4.99. The summed E-state index contributed by atoms with van der Waals surface area (Å²) in [6, 6.07) is 0.171. The lowest BCUT2D eigenvalue weighted by atomic mass is 9.98. The van der Waals surface area contributed by atoms with Gasteiger partial charge in [0, 0.05) is 23.8 Å². The number of benzene rings is 1. The highest BCUT2D eigenvalue weighted by atomic mass is 35.5. The van der Waals surface area contributed by atoms with Crippen LogP contribution in [0.5, 0.6) is 0 Å². The Morgan fingerprint density at radius 3 is 2.23 bits per heavy atom. The number of carbonyl (C=O) groups excluding carboxylic acids is 1. The van der Waals surface area contributed by atoms with Crippen molar-refractivity contribution in [3.8, 4) is 0 Å². The molecule has 0 saturated carbocycles. The lowest BCUT2D eigenvalue weighted by Gasteiger charge is -2.17. The Bertz CT molecular complexity index is 1090. The summed E-state index contributed by atoms with van der Waals surface area (Å²) in [5, 5.41) is 4.15. The molecule has 3 aliphatic rings. The van der Waals surface area contributed by atoms with Gasteiger partial charge < -0.3 is 9.73 Å². The van der Waals surface area contributed by atoms with Gasteiger partial charge in [0.15, 0.2) is 5.69 Å². The fourth-order valence-electron chi connectivity index (χ4n) is 4.74. The number of aromatic nitrogens is 1. The lowest BCUT2D eigenvalue weighted by Crippen LogP contribution is -2.42. The number of oxazole rings is 1. The average Bonchev–Trinajstić information content (AvgIpc) is 3.51. The molecular formula is C20H23ClN4O4S. The smallest absolute Gasteiger partial charge is 0.304 e. The van der Waals surface area contributed by atoms with Gasteiger partial charge in [-0.2, -0.15) is 17.7 Å². The van der Waals surface area contributed by atoms with Gasteiger partial charge in [0.2, 0.25) is 0 Å². The molecule has 30 heavy (non-hydrogen) atoms. The first-order valence-corrected chi connectivity index (χ1v) is 12.2. The number of halogens is 1. The van der Waals surface area contributed by atoms with E-state index >= 15 is 0 Å². The molecule has 2 N–H and O–H groups in total. The van der Waals surface area contributed by atoms with Crippen molar-refractivity contribution in [1.29, 1.82) is 0 Å². The van der Waals surface area contributed by atoms with E-state index < -0.39 is 16.1 Å². The standard InChI is InChI=1S/C20H23ClN4O4S/c21-17-12-5-3-7-14(12)18(15-8-4-6-13(15)17)23-20-22-16(11-29-20)19(26)24-30(27,28)25-9-1-2-10-25/h11H,1-10H2,(H,22,23)(H,24,26). The predicted molar refractivity (Wildman–Crippen MR) is 112 cm³/mol. The Hall–Kier alpha value is -2.10. The molecule has 0 bridgehead atoms. The maximum atomic E-state index is 12.4. The zero-order valence-corrected chi connectivity index (χ0v) is 18.0. The van der Waals surface area contributed by atoms with Crippen LogP contribution in [0.3, 0.4) is 0 Å². The van der Waals surface area contributed by atoms with Gasteiger partial charge in [-0.05, 0) is 73.6 Å². The van der Waals surface area contributed by atoms with E-state index in [-0.39, 0.29) is 11.7 Å². The highest BCUT2D eigenvalue weighted by molar-refractivity contribution is 7.87. The first-order valence-electron chi connectivity index (χ1n) is 10.3. The minimum atomic E-state index is -3.86. The second-order valence-electron chi connectivity index (χ2n) is 8.02. The van der Waals surface area contributed by atoms with Crippen molar-refractivity contribution in [3.63, 3.8) is 0 Å². The monoisotopic (exact) mass is 450 g/mol. The third-order valence-corrected chi connectivity index (χ3v) is 8.11. The van der Waals surface area contributed by atoms with Crippen LogP contribution < -0.4 is 10.0 Å². The number of amides is 1. The van der Waals surface area contributed by atoms with Gasteiger partial charge in [0.05, 0.1) is 0 Å². The summed E-state index contributed by atoms with van der Waals surface area (Å²) >= 11 is 6.65. The summed E-state index contributed by atoms with van der Waals surface area (Å²) in [5.41, 5.74) is 5.69. The van der Waals surface area contributed by atoms with Crippen molar-refractivity contribution in [2.75, 3.05) is 18.4 Å². The van der Waals surface area contributed by atoms with Crippen molar-refractivity contribution >= 4 is 39.4 Å². The Balaban J connectivity index is 1.38. The molecular weight excluding hydrogens is 428 g/mol. The second-order valence-corrected chi connectivity index (χ2v) is 10.1. The van der Waals surface area contributed by atoms with Crippen LogP contribution in [-0.4, -0.2) is 36.7 Å². The van der Waals surface area contributed by atoms with E-state index in [2.05, 4.69) is 15.0 Å². The van der Waals surface area contributed by atoms with E-state index in [1.807, 2.05) is 0 Å². The first-order chi connectivity index (χ1) is 14.4. The van der Waals surface area contributed by atoms with Gasteiger partial charge >= 0.3 is 10.2 Å². The van der Waals surface area contributed by atoms with E-state index in [1.54, 1.807) is 0 Å². The minimum Gasteiger partial charge on any atom is -0.431 e. The highest BCUT2D eigenvalue weighted by Crippen LogP contribution is 2.44. The number of nitrogens with zero attached hydrogens (tertiary/aromatic N) is 2. The molecule has 2 aromatic rings. The van der Waals surface area contributed by atoms with Crippen molar-refractivity contribution < 1.29 is 17.6 Å². The third-order valence-electron chi connectivity index (χ3n) is 6.16.